The Morgan fingerprint density at radius 1 is 1.11 bits per heavy atom. The fourth-order valence-corrected chi connectivity index (χ4v) is 2.07. The molecule has 2 rings (SSSR count). The lowest BCUT2D eigenvalue weighted by atomic mass is 10.2. The molecule has 0 saturated carbocycles. The van der Waals surface area contributed by atoms with Gasteiger partial charge in [-0.15, -0.1) is 0 Å². The smallest absolute Gasteiger partial charge is 0.147 e. The van der Waals surface area contributed by atoms with Crippen molar-refractivity contribution in [3.63, 3.8) is 0 Å². The molecule has 0 spiro atoms. The van der Waals surface area contributed by atoms with Gasteiger partial charge in [-0.25, -0.2) is 9.37 Å². The van der Waals surface area contributed by atoms with Gasteiger partial charge < -0.3 is 10.6 Å². The molecule has 0 atom stereocenters. The summed E-state index contributed by atoms with van der Waals surface area (Å²) in [6.45, 7) is 0.498. The van der Waals surface area contributed by atoms with E-state index in [1.807, 2.05) is 0 Å². The Balaban J connectivity index is 2.13. The SMILES string of the molecule is CNc1nc(NCc2ccc(F)cc2)c(Cl)cc1Cl. The van der Waals surface area contributed by atoms with Crippen LogP contribution in [0, 0.1) is 5.82 Å². The van der Waals surface area contributed by atoms with Gasteiger partial charge in [-0.1, -0.05) is 35.3 Å². The van der Waals surface area contributed by atoms with Crippen molar-refractivity contribution in [3.05, 3.63) is 51.8 Å². The van der Waals surface area contributed by atoms with Crippen molar-refractivity contribution in [1.82, 2.24) is 4.98 Å². The number of anilines is 2. The van der Waals surface area contributed by atoms with Crippen molar-refractivity contribution in [2.24, 2.45) is 0 Å². The van der Waals surface area contributed by atoms with Crippen LogP contribution in [0.25, 0.3) is 0 Å². The minimum absolute atomic E-state index is 0.260. The van der Waals surface area contributed by atoms with E-state index in [4.69, 9.17) is 23.2 Å². The monoisotopic (exact) mass is 299 g/mol. The molecule has 2 N–H and O–H groups in total. The largest absolute Gasteiger partial charge is 0.372 e. The van der Waals surface area contributed by atoms with E-state index >= 15 is 0 Å². The third kappa shape index (κ3) is 3.49. The van der Waals surface area contributed by atoms with Crippen LogP contribution in [0.1, 0.15) is 5.56 Å². The molecule has 0 amide bonds. The zero-order chi connectivity index (χ0) is 13.8. The lowest BCUT2D eigenvalue weighted by Gasteiger charge is -2.10. The minimum atomic E-state index is -0.260. The molecular weight excluding hydrogens is 288 g/mol. The summed E-state index contributed by atoms with van der Waals surface area (Å²) in [6.07, 6.45) is 0. The van der Waals surface area contributed by atoms with Gasteiger partial charge in [0, 0.05) is 13.6 Å². The maximum atomic E-state index is 12.8. The van der Waals surface area contributed by atoms with E-state index in [0.717, 1.165) is 5.56 Å². The van der Waals surface area contributed by atoms with E-state index < -0.39 is 0 Å². The normalized spacial score (nSPS) is 10.3. The van der Waals surface area contributed by atoms with Gasteiger partial charge in [-0.3, -0.25) is 0 Å². The average molecular weight is 300 g/mol. The molecule has 1 aromatic carbocycles. The molecule has 1 aromatic heterocycles. The van der Waals surface area contributed by atoms with Crippen LogP contribution in [-0.4, -0.2) is 12.0 Å². The quantitative estimate of drug-likeness (QED) is 0.889. The highest BCUT2D eigenvalue weighted by molar-refractivity contribution is 6.37. The summed E-state index contributed by atoms with van der Waals surface area (Å²) < 4.78 is 12.8. The van der Waals surface area contributed by atoms with Crippen molar-refractivity contribution < 1.29 is 4.39 Å². The lowest BCUT2D eigenvalue weighted by molar-refractivity contribution is 0.627. The zero-order valence-electron chi connectivity index (χ0n) is 10.2. The predicted molar refractivity (Wildman–Crippen MR) is 77.5 cm³/mol. The first-order valence-electron chi connectivity index (χ1n) is 5.62. The average Bonchev–Trinajstić information content (AvgIpc) is 2.40. The van der Waals surface area contributed by atoms with Crippen molar-refractivity contribution in [2.75, 3.05) is 17.7 Å². The molecule has 3 nitrogen and oxygen atoms in total. The Labute approximate surface area is 120 Å². The Bertz CT molecular complexity index is 573. The van der Waals surface area contributed by atoms with Gasteiger partial charge in [0.15, 0.2) is 0 Å². The van der Waals surface area contributed by atoms with Crippen LogP contribution in [0.4, 0.5) is 16.0 Å². The van der Waals surface area contributed by atoms with Crippen molar-refractivity contribution >= 4 is 34.8 Å². The summed E-state index contributed by atoms with van der Waals surface area (Å²) in [7, 11) is 1.73. The number of nitrogens with one attached hydrogen (secondary N) is 2. The number of hydrogen-bond acceptors (Lipinski definition) is 3. The van der Waals surface area contributed by atoms with Crippen LogP contribution < -0.4 is 10.6 Å². The number of benzene rings is 1. The van der Waals surface area contributed by atoms with Crippen molar-refractivity contribution in [3.8, 4) is 0 Å². The number of aromatic nitrogens is 1. The van der Waals surface area contributed by atoms with Gasteiger partial charge in [0.25, 0.3) is 0 Å². The van der Waals surface area contributed by atoms with Crippen LogP contribution in [0.2, 0.25) is 10.0 Å². The maximum Gasteiger partial charge on any atom is 0.147 e. The van der Waals surface area contributed by atoms with Crippen molar-refractivity contribution in [1.29, 1.82) is 0 Å². The van der Waals surface area contributed by atoms with E-state index in [9.17, 15) is 4.39 Å². The zero-order valence-corrected chi connectivity index (χ0v) is 11.7. The van der Waals surface area contributed by atoms with Gasteiger partial charge in [0.05, 0.1) is 10.0 Å². The maximum absolute atomic E-state index is 12.8. The second-order valence-electron chi connectivity index (χ2n) is 3.88. The van der Waals surface area contributed by atoms with E-state index in [1.165, 1.54) is 12.1 Å². The van der Waals surface area contributed by atoms with Gasteiger partial charge in [-0.05, 0) is 23.8 Å². The fourth-order valence-electron chi connectivity index (χ4n) is 1.55. The molecule has 0 aliphatic rings. The molecule has 0 unspecified atom stereocenters. The van der Waals surface area contributed by atoms with Gasteiger partial charge >= 0.3 is 0 Å². The van der Waals surface area contributed by atoms with Gasteiger partial charge in [-0.2, -0.15) is 0 Å². The molecule has 19 heavy (non-hydrogen) atoms. The first-order chi connectivity index (χ1) is 9.10. The molecule has 0 radical (unpaired) electrons. The van der Waals surface area contributed by atoms with Crippen LogP contribution in [0.3, 0.4) is 0 Å². The molecule has 100 valence electrons. The Kier molecular flexibility index (Phi) is 4.45. The highest BCUT2D eigenvalue weighted by atomic mass is 35.5. The third-order valence-corrected chi connectivity index (χ3v) is 3.12. The summed E-state index contributed by atoms with van der Waals surface area (Å²) in [6, 6.07) is 7.84. The molecule has 0 aliphatic heterocycles. The second-order valence-corrected chi connectivity index (χ2v) is 4.69. The third-order valence-electron chi connectivity index (χ3n) is 2.54. The van der Waals surface area contributed by atoms with Gasteiger partial charge in [0.2, 0.25) is 0 Å². The summed E-state index contributed by atoms with van der Waals surface area (Å²) in [5.41, 5.74) is 0.931. The summed E-state index contributed by atoms with van der Waals surface area (Å²) in [5.74, 6) is 0.816. The van der Waals surface area contributed by atoms with Gasteiger partial charge in [0.1, 0.15) is 17.5 Å². The van der Waals surface area contributed by atoms with E-state index in [-0.39, 0.29) is 5.82 Å². The highest BCUT2D eigenvalue weighted by Crippen LogP contribution is 2.29. The predicted octanol–water partition coefficient (Wildman–Crippen LogP) is 4.18. The number of pyridine rings is 1. The molecule has 0 saturated heterocycles. The molecule has 0 aliphatic carbocycles. The Morgan fingerprint density at radius 3 is 2.37 bits per heavy atom. The summed E-state index contributed by atoms with van der Waals surface area (Å²) in [5, 5.41) is 6.86. The van der Waals surface area contributed by atoms with Crippen LogP contribution in [0.5, 0.6) is 0 Å². The van der Waals surface area contributed by atoms with E-state index in [0.29, 0.717) is 28.2 Å². The number of nitrogens with zero attached hydrogens (tertiary/aromatic N) is 1. The summed E-state index contributed by atoms with van der Waals surface area (Å²) in [4.78, 5) is 4.26. The van der Waals surface area contributed by atoms with Crippen LogP contribution in [-0.2, 0) is 6.54 Å². The highest BCUT2D eigenvalue weighted by Gasteiger charge is 2.08. The first kappa shape index (κ1) is 13.9. The number of halogens is 3. The Morgan fingerprint density at radius 2 is 1.74 bits per heavy atom. The summed E-state index contributed by atoms with van der Waals surface area (Å²) >= 11 is 12.0. The molecule has 1 heterocycles. The Hall–Kier alpha value is -1.52. The lowest BCUT2D eigenvalue weighted by Crippen LogP contribution is -2.04. The minimum Gasteiger partial charge on any atom is -0.372 e. The molecule has 0 bridgehead atoms. The molecule has 2 aromatic rings. The number of rotatable bonds is 4. The standard InChI is InChI=1S/C13H12Cl2FN3/c1-17-12-10(14)6-11(15)13(19-12)18-7-8-2-4-9(16)5-3-8/h2-6H,7H2,1H3,(H2,17,18,19). The topological polar surface area (TPSA) is 37.0 Å². The fraction of sp³-hybridized carbons (Fsp3) is 0.154. The molecular formula is C13H12Cl2FN3. The van der Waals surface area contributed by atoms with Crippen LogP contribution >= 0.6 is 23.2 Å². The molecule has 6 heteroatoms. The van der Waals surface area contributed by atoms with E-state index in [1.54, 1.807) is 25.2 Å². The first-order valence-corrected chi connectivity index (χ1v) is 6.38. The second kappa shape index (κ2) is 6.08. The van der Waals surface area contributed by atoms with E-state index in [2.05, 4.69) is 15.6 Å². The van der Waals surface area contributed by atoms with Crippen molar-refractivity contribution in [2.45, 2.75) is 6.54 Å². The van der Waals surface area contributed by atoms with Crippen LogP contribution in [0.15, 0.2) is 30.3 Å². The molecule has 0 fully saturated rings. The number of hydrogen-bond donors (Lipinski definition) is 2.